The molecule has 0 unspecified atom stereocenters. The lowest BCUT2D eigenvalue weighted by Crippen LogP contribution is -2.37. The van der Waals surface area contributed by atoms with E-state index in [2.05, 4.69) is 26.3 Å². The first-order chi connectivity index (χ1) is 10.9. The standard InChI is InChI=1S/C14H15BrN6O2/c1-19-11-10(12(22)20(2)14(19)23)21(13(17-11)18-16)7-8-3-5-9(15)6-4-8/h3-6H,7,16H2,1-2H3,(H,17,18). The highest BCUT2D eigenvalue weighted by Crippen LogP contribution is 2.18. The predicted octanol–water partition coefficient (Wildman–Crippen LogP) is 0.530. The van der Waals surface area contributed by atoms with Crippen molar-refractivity contribution in [2.75, 3.05) is 5.43 Å². The summed E-state index contributed by atoms with van der Waals surface area (Å²) in [6, 6.07) is 7.70. The third kappa shape index (κ3) is 2.47. The number of fused-ring (bicyclic) bond motifs is 1. The Labute approximate surface area is 139 Å². The van der Waals surface area contributed by atoms with Crippen molar-refractivity contribution in [3.63, 3.8) is 0 Å². The lowest BCUT2D eigenvalue weighted by molar-refractivity contribution is 0.702. The molecular weight excluding hydrogens is 364 g/mol. The van der Waals surface area contributed by atoms with Gasteiger partial charge in [0.2, 0.25) is 5.95 Å². The largest absolute Gasteiger partial charge is 0.332 e. The van der Waals surface area contributed by atoms with Crippen molar-refractivity contribution >= 4 is 33.0 Å². The van der Waals surface area contributed by atoms with Gasteiger partial charge in [-0.3, -0.25) is 23.9 Å². The molecule has 3 N–H and O–H groups in total. The summed E-state index contributed by atoms with van der Waals surface area (Å²) in [5.74, 6) is 5.85. The van der Waals surface area contributed by atoms with Gasteiger partial charge in [-0.2, -0.15) is 4.98 Å². The zero-order chi connectivity index (χ0) is 16.7. The summed E-state index contributed by atoms with van der Waals surface area (Å²) < 4.78 is 5.02. The Morgan fingerprint density at radius 1 is 1.17 bits per heavy atom. The molecule has 2 aromatic heterocycles. The van der Waals surface area contributed by atoms with Gasteiger partial charge in [-0.05, 0) is 17.7 Å². The number of nitrogen functional groups attached to an aromatic ring is 1. The van der Waals surface area contributed by atoms with E-state index in [1.807, 2.05) is 24.3 Å². The van der Waals surface area contributed by atoms with Gasteiger partial charge in [-0.15, -0.1) is 0 Å². The molecule has 0 aliphatic heterocycles. The maximum Gasteiger partial charge on any atom is 0.332 e. The fourth-order valence-electron chi connectivity index (χ4n) is 2.48. The third-order valence-electron chi connectivity index (χ3n) is 3.73. The van der Waals surface area contributed by atoms with E-state index in [0.29, 0.717) is 23.7 Å². The molecule has 0 radical (unpaired) electrons. The van der Waals surface area contributed by atoms with Gasteiger partial charge in [0.1, 0.15) is 0 Å². The molecule has 0 aliphatic carbocycles. The van der Waals surface area contributed by atoms with E-state index in [0.717, 1.165) is 14.6 Å². The minimum Gasteiger partial charge on any atom is -0.299 e. The van der Waals surface area contributed by atoms with Crippen LogP contribution in [0.1, 0.15) is 5.56 Å². The number of nitrogens with two attached hydrogens (primary N) is 1. The Kier molecular flexibility index (Phi) is 3.82. The van der Waals surface area contributed by atoms with Crippen LogP contribution < -0.4 is 22.5 Å². The molecule has 2 heterocycles. The van der Waals surface area contributed by atoms with Gasteiger partial charge in [-0.1, -0.05) is 28.1 Å². The van der Waals surface area contributed by atoms with Crippen LogP contribution in [0.3, 0.4) is 0 Å². The molecular formula is C14H15BrN6O2. The van der Waals surface area contributed by atoms with E-state index in [1.54, 1.807) is 11.6 Å². The lowest BCUT2D eigenvalue weighted by atomic mass is 10.2. The molecule has 0 aliphatic rings. The number of nitrogens with zero attached hydrogens (tertiary/aromatic N) is 4. The first kappa shape index (κ1) is 15.5. The summed E-state index contributed by atoms with van der Waals surface area (Å²) >= 11 is 3.39. The van der Waals surface area contributed by atoms with Crippen LogP contribution in [0.25, 0.3) is 11.2 Å². The second-order valence-corrected chi connectivity index (χ2v) is 6.09. The zero-order valence-electron chi connectivity index (χ0n) is 12.6. The number of halogens is 1. The number of hydrazine groups is 1. The number of hydrogen-bond acceptors (Lipinski definition) is 5. The topological polar surface area (TPSA) is 99.9 Å². The molecule has 120 valence electrons. The fraction of sp³-hybridized carbons (Fsp3) is 0.214. The molecule has 3 rings (SSSR count). The summed E-state index contributed by atoms with van der Waals surface area (Å²) in [5, 5.41) is 0. The van der Waals surface area contributed by atoms with Crippen LogP contribution in [0.5, 0.6) is 0 Å². The molecule has 1 aromatic carbocycles. The van der Waals surface area contributed by atoms with Crippen LogP contribution >= 0.6 is 15.9 Å². The number of aromatic nitrogens is 4. The summed E-state index contributed by atoms with van der Waals surface area (Å²) in [7, 11) is 3.01. The molecule has 23 heavy (non-hydrogen) atoms. The maximum absolute atomic E-state index is 12.5. The van der Waals surface area contributed by atoms with Gasteiger partial charge < -0.3 is 0 Å². The predicted molar refractivity (Wildman–Crippen MR) is 91.3 cm³/mol. The monoisotopic (exact) mass is 378 g/mol. The van der Waals surface area contributed by atoms with Crippen molar-refractivity contribution < 1.29 is 0 Å². The highest BCUT2D eigenvalue weighted by molar-refractivity contribution is 9.10. The van der Waals surface area contributed by atoms with E-state index in [4.69, 9.17) is 5.84 Å². The highest BCUT2D eigenvalue weighted by atomic mass is 79.9. The SMILES string of the molecule is Cn1c(=O)c2c(nc(NN)n2Cc2ccc(Br)cc2)n(C)c1=O. The summed E-state index contributed by atoms with van der Waals surface area (Å²) in [4.78, 5) is 28.8. The van der Waals surface area contributed by atoms with Crippen molar-refractivity contribution in [1.82, 2.24) is 18.7 Å². The number of benzene rings is 1. The average molecular weight is 379 g/mol. The van der Waals surface area contributed by atoms with E-state index in [9.17, 15) is 9.59 Å². The number of imidazole rings is 1. The number of rotatable bonds is 3. The first-order valence-electron chi connectivity index (χ1n) is 6.81. The van der Waals surface area contributed by atoms with Crippen LogP contribution in [0.15, 0.2) is 38.3 Å². The minimum atomic E-state index is -0.431. The number of anilines is 1. The maximum atomic E-state index is 12.5. The van der Waals surface area contributed by atoms with Gasteiger partial charge in [-0.25, -0.2) is 10.6 Å². The number of aryl methyl sites for hydroxylation is 1. The quantitative estimate of drug-likeness (QED) is 0.511. The van der Waals surface area contributed by atoms with E-state index in [-0.39, 0.29) is 0 Å². The Morgan fingerprint density at radius 2 is 1.83 bits per heavy atom. The summed E-state index contributed by atoms with van der Waals surface area (Å²) in [5.41, 5.74) is 3.24. The number of hydrogen-bond donors (Lipinski definition) is 2. The van der Waals surface area contributed by atoms with Crippen molar-refractivity contribution in [2.24, 2.45) is 19.9 Å². The summed E-state index contributed by atoms with van der Waals surface area (Å²) in [6.45, 7) is 0.400. The lowest BCUT2D eigenvalue weighted by Gasteiger charge is -2.09. The Balaban J connectivity index is 2.29. The average Bonchev–Trinajstić information content (AvgIpc) is 2.91. The van der Waals surface area contributed by atoms with Gasteiger partial charge in [0.25, 0.3) is 5.56 Å². The molecule has 0 saturated carbocycles. The van der Waals surface area contributed by atoms with Gasteiger partial charge in [0.05, 0.1) is 6.54 Å². The van der Waals surface area contributed by atoms with E-state index >= 15 is 0 Å². The van der Waals surface area contributed by atoms with E-state index in [1.165, 1.54) is 11.6 Å². The molecule has 3 aromatic rings. The molecule has 0 fully saturated rings. The van der Waals surface area contributed by atoms with Crippen molar-refractivity contribution in [3.05, 3.63) is 55.1 Å². The molecule has 0 amide bonds. The van der Waals surface area contributed by atoms with Gasteiger partial charge in [0.15, 0.2) is 11.2 Å². The Bertz CT molecular complexity index is 999. The molecule has 0 atom stereocenters. The second kappa shape index (κ2) is 5.67. The number of nitrogens with one attached hydrogen (secondary N) is 1. The first-order valence-corrected chi connectivity index (χ1v) is 7.60. The van der Waals surface area contributed by atoms with Crippen LogP contribution in [-0.2, 0) is 20.6 Å². The zero-order valence-corrected chi connectivity index (χ0v) is 14.2. The van der Waals surface area contributed by atoms with Gasteiger partial charge in [0, 0.05) is 18.6 Å². The molecule has 0 spiro atoms. The molecule has 9 heteroatoms. The van der Waals surface area contributed by atoms with Crippen molar-refractivity contribution in [3.8, 4) is 0 Å². The smallest absolute Gasteiger partial charge is 0.299 e. The highest BCUT2D eigenvalue weighted by Gasteiger charge is 2.18. The van der Waals surface area contributed by atoms with Crippen LogP contribution in [0.2, 0.25) is 0 Å². The van der Waals surface area contributed by atoms with Gasteiger partial charge >= 0.3 is 5.69 Å². The molecule has 0 bridgehead atoms. The fourth-order valence-corrected chi connectivity index (χ4v) is 2.75. The summed E-state index contributed by atoms with van der Waals surface area (Å²) in [6.07, 6.45) is 0. The normalized spacial score (nSPS) is 11.1. The second-order valence-electron chi connectivity index (χ2n) is 5.17. The minimum absolute atomic E-state index is 0.295. The Hall–Kier alpha value is -2.39. The van der Waals surface area contributed by atoms with Crippen LogP contribution in [0, 0.1) is 0 Å². The Morgan fingerprint density at radius 3 is 2.43 bits per heavy atom. The van der Waals surface area contributed by atoms with Crippen molar-refractivity contribution in [2.45, 2.75) is 6.54 Å². The molecule has 0 saturated heterocycles. The molecule has 8 nitrogen and oxygen atoms in total. The van der Waals surface area contributed by atoms with Crippen LogP contribution in [-0.4, -0.2) is 18.7 Å². The third-order valence-corrected chi connectivity index (χ3v) is 4.26. The van der Waals surface area contributed by atoms with Crippen molar-refractivity contribution in [1.29, 1.82) is 0 Å². The van der Waals surface area contributed by atoms with Crippen LogP contribution in [0.4, 0.5) is 5.95 Å². The van der Waals surface area contributed by atoms with E-state index < -0.39 is 11.2 Å².